The number of nitrogens with two attached hydrogens (primary N) is 1. The maximum absolute atomic E-state index is 9.99. The van der Waals surface area contributed by atoms with E-state index in [-0.39, 0.29) is 31.3 Å². The molecule has 0 aliphatic rings. The van der Waals surface area contributed by atoms with Gasteiger partial charge in [-0.15, -0.1) is 10.1 Å². The van der Waals surface area contributed by atoms with Crippen LogP contribution in [-0.4, -0.2) is 38.5 Å². The molecule has 0 aromatic heterocycles. The van der Waals surface area contributed by atoms with E-state index in [1.807, 2.05) is 0 Å². The third kappa shape index (κ3) is 41.2. The molecule has 0 fully saturated rings. The smallest absolute Gasteiger partial charge is 0.320 e. The van der Waals surface area contributed by atoms with Crippen molar-refractivity contribution in [1.82, 2.24) is 18.5 Å². The van der Waals surface area contributed by atoms with E-state index in [4.69, 9.17) is 31.3 Å². The molecule has 106 valence electrons. The van der Waals surface area contributed by atoms with Gasteiger partial charge >= 0.3 is 11.9 Å². The van der Waals surface area contributed by atoms with Crippen LogP contribution < -0.4 is 24.2 Å². The SMILES string of the molecule is N.N.N.NC(CCC(=O)O)C(=O)O.O=[N+]([O-])O. The molecule has 12 heteroatoms. The van der Waals surface area contributed by atoms with Gasteiger partial charge in [0.05, 0.1) is 0 Å². The number of hydrogen-bond donors (Lipinski definition) is 7. The zero-order chi connectivity index (χ0) is 11.7. The van der Waals surface area contributed by atoms with Gasteiger partial charge in [-0.2, -0.15) is 0 Å². The molecule has 0 amide bonds. The van der Waals surface area contributed by atoms with Crippen molar-refractivity contribution in [1.29, 1.82) is 0 Å². The maximum Gasteiger partial charge on any atom is 0.320 e. The molecular formula is C5H19N5O7. The van der Waals surface area contributed by atoms with Crippen LogP contribution in [0.15, 0.2) is 0 Å². The summed E-state index contributed by atoms with van der Waals surface area (Å²) in [5, 5.41) is 29.9. The van der Waals surface area contributed by atoms with Crippen molar-refractivity contribution in [3.05, 3.63) is 10.1 Å². The standard InChI is InChI=1S/C5H9NO4.HNO3.3H3N/c6-3(5(9)10)1-2-4(7)8;2-1(3)4;;;/h3H,1-2,6H2,(H,7,8)(H,9,10);(H,2,3,4);3*1H3. The number of carboxylic acid groups (broad SMARTS) is 2. The van der Waals surface area contributed by atoms with Crippen LogP contribution in [0, 0.1) is 10.1 Å². The first kappa shape index (κ1) is 29.4. The van der Waals surface area contributed by atoms with E-state index in [9.17, 15) is 9.59 Å². The van der Waals surface area contributed by atoms with Gasteiger partial charge < -0.3 is 39.6 Å². The topological polar surface area (TPSA) is 269 Å². The summed E-state index contributed by atoms with van der Waals surface area (Å²) < 4.78 is 0. The Kier molecular flexibility index (Phi) is 28.4. The Hall–Kier alpha value is -2.02. The quantitative estimate of drug-likeness (QED) is 0.247. The Balaban J connectivity index is -0.0000000607. The van der Waals surface area contributed by atoms with Crippen LogP contribution in [0.25, 0.3) is 0 Å². The molecule has 1 atom stereocenters. The van der Waals surface area contributed by atoms with Gasteiger partial charge in [-0.3, -0.25) is 9.59 Å². The van der Waals surface area contributed by atoms with Crippen LogP contribution >= 0.6 is 0 Å². The summed E-state index contributed by atoms with van der Waals surface area (Å²) >= 11 is 0. The van der Waals surface area contributed by atoms with Crippen molar-refractivity contribution in [2.45, 2.75) is 18.9 Å². The van der Waals surface area contributed by atoms with Crippen molar-refractivity contribution in [3.8, 4) is 0 Å². The molecule has 14 N–H and O–H groups in total. The summed E-state index contributed by atoms with van der Waals surface area (Å²) in [5.41, 5.74) is 5.00. The normalized spacial score (nSPS) is 8.76. The van der Waals surface area contributed by atoms with E-state index in [0.29, 0.717) is 0 Å². The van der Waals surface area contributed by atoms with E-state index < -0.39 is 23.1 Å². The van der Waals surface area contributed by atoms with E-state index in [1.54, 1.807) is 0 Å². The first-order valence-electron chi connectivity index (χ1n) is 3.30. The highest BCUT2D eigenvalue weighted by Crippen LogP contribution is 1.93. The van der Waals surface area contributed by atoms with Crippen molar-refractivity contribution < 1.29 is 30.1 Å². The monoisotopic (exact) mass is 261 g/mol. The highest BCUT2D eigenvalue weighted by atomic mass is 16.9. The second-order valence-corrected chi connectivity index (χ2v) is 2.11. The van der Waals surface area contributed by atoms with Gasteiger partial charge in [0.25, 0.3) is 5.09 Å². The Bertz CT molecular complexity index is 219. The molecule has 0 rings (SSSR count). The van der Waals surface area contributed by atoms with Crippen LogP contribution in [0.4, 0.5) is 0 Å². The molecule has 0 heterocycles. The lowest BCUT2D eigenvalue weighted by Gasteiger charge is -2.01. The average molecular weight is 261 g/mol. The molecule has 0 aliphatic carbocycles. The van der Waals surface area contributed by atoms with Crippen LogP contribution in [0.1, 0.15) is 12.8 Å². The Morgan fingerprint density at radius 2 is 1.53 bits per heavy atom. The number of carboxylic acids is 2. The molecule has 0 aromatic carbocycles. The fourth-order valence-corrected chi connectivity index (χ4v) is 0.402. The summed E-state index contributed by atoms with van der Waals surface area (Å²) in [6, 6.07) is -1.06. The van der Waals surface area contributed by atoms with Crippen molar-refractivity contribution >= 4 is 11.9 Å². The van der Waals surface area contributed by atoms with Crippen LogP contribution in [0.5, 0.6) is 0 Å². The van der Waals surface area contributed by atoms with E-state index in [0.717, 1.165) is 0 Å². The van der Waals surface area contributed by atoms with Gasteiger partial charge in [0.15, 0.2) is 0 Å². The minimum atomic E-state index is -1.50. The van der Waals surface area contributed by atoms with E-state index >= 15 is 0 Å². The lowest BCUT2D eigenvalue weighted by atomic mass is 10.2. The second-order valence-electron chi connectivity index (χ2n) is 2.11. The molecule has 17 heavy (non-hydrogen) atoms. The second kappa shape index (κ2) is 16.4. The number of nitrogens with zero attached hydrogens (tertiary/aromatic N) is 1. The summed E-state index contributed by atoms with van der Waals surface area (Å²) in [7, 11) is 0. The van der Waals surface area contributed by atoms with Crippen molar-refractivity contribution in [2.75, 3.05) is 0 Å². The average Bonchev–Trinajstić information content (AvgIpc) is 1.98. The van der Waals surface area contributed by atoms with Gasteiger partial charge in [0.1, 0.15) is 6.04 Å². The molecule has 1 unspecified atom stereocenters. The zero-order valence-electron chi connectivity index (χ0n) is 9.11. The molecule has 0 radical (unpaired) electrons. The molecule has 0 aliphatic heterocycles. The van der Waals surface area contributed by atoms with Gasteiger partial charge in [-0.1, -0.05) is 0 Å². The highest BCUT2D eigenvalue weighted by Gasteiger charge is 2.12. The number of carbonyl (C=O) groups is 2. The minimum absolute atomic E-state index is 0. The summed E-state index contributed by atoms with van der Waals surface area (Å²) in [5.74, 6) is -2.20. The first-order valence-corrected chi connectivity index (χ1v) is 3.30. The van der Waals surface area contributed by atoms with Crippen LogP contribution in [0.2, 0.25) is 0 Å². The van der Waals surface area contributed by atoms with Crippen molar-refractivity contribution in [2.24, 2.45) is 5.73 Å². The summed E-state index contributed by atoms with van der Waals surface area (Å²) in [6.45, 7) is 0. The van der Waals surface area contributed by atoms with E-state index in [2.05, 4.69) is 0 Å². The lowest BCUT2D eigenvalue weighted by molar-refractivity contribution is -0.742. The fraction of sp³-hybridized carbons (Fsp3) is 0.600. The summed E-state index contributed by atoms with van der Waals surface area (Å²) in [6.07, 6.45) is -0.224. The Labute approximate surface area is 96.3 Å². The largest absolute Gasteiger partial charge is 0.481 e. The number of rotatable bonds is 4. The molecule has 0 bridgehead atoms. The van der Waals surface area contributed by atoms with E-state index in [1.165, 1.54) is 0 Å². The maximum atomic E-state index is 9.99. The molecule has 0 spiro atoms. The molecule has 0 saturated carbocycles. The highest BCUT2D eigenvalue weighted by molar-refractivity contribution is 5.74. The number of aliphatic carboxylic acids is 2. The molecule has 0 saturated heterocycles. The Morgan fingerprint density at radius 3 is 1.71 bits per heavy atom. The summed E-state index contributed by atoms with van der Waals surface area (Å²) in [4.78, 5) is 28.2. The molecule has 12 nitrogen and oxygen atoms in total. The van der Waals surface area contributed by atoms with Crippen LogP contribution in [0.3, 0.4) is 0 Å². The molecule has 0 aromatic rings. The molecular weight excluding hydrogens is 242 g/mol. The van der Waals surface area contributed by atoms with Gasteiger partial charge in [0.2, 0.25) is 0 Å². The third-order valence-electron chi connectivity index (χ3n) is 0.986. The number of hydrogen-bond acceptors (Lipinski definition) is 8. The minimum Gasteiger partial charge on any atom is -0.481 e. The van der Waals surface area contributed by atoms with Crippen molar-refractivity contribution in [3.63, 3.8) is 0 Å². The fourth-order valence-electron chi connectivity index (χ4n) is 0.402. The van der Waals surface area contributed by atoms with Gasteiger partial charge in [0, 0.05) is 6.42 Å². The lowest BCUT2D eigenvalue weighted by Crippen LogP contribution is -2.30. The Morgan fingerprint density at radius 1 is 1.24 bits per heavy atom. The third-order valence-corrected chi connectivity index (χ3v) is 0.986. The van der Waals surface area contributed by atoms with Gasteiger partial charge in [-0.25, -0.2) is 0 Å². The zero-order valence-corrected chi connectivity index (χ0v) is 9.11. The predicted molar refractivity (Wildman–Crippen MR) is 56.3 cm³/mol. The first-order chi connectivity index (χ1) is 6.27. The predicted octanol–water partition coefficient (Wildman–Crippen LogP) is -0.599. The van der Waals surface area contributed by atoms with Crippen LogP contribution in [-0.2, 0) is 9.59 Å². The van der Waals surface area contributed by atoms with Gasteiger partial charge in [-0.05, 0) is 6.42 Å².